The van der Waals surface area contributed by atoms with Crippen LogP contribution in [0.3, 0.4) is 0 Å². The molecule has 0 saturated heterocycles. The van der Waals surface area contributed by atoms with Crippen molar-refractivity contribution in [3.63, 3.8) is 0 Å². The summed E-state index contributed by atoms with van der Waals surface area (Å²) in [6.45, 7) is 0. The maximum Gasteiger partial charge on any atom is 0.399 e. The van der Waals surface area contributed by atoms with Gasteiger partial charge < -0.3 is 10.1 Å². The van der Waals surface area contributed by atoms with Crippen molar-refractivity contribution in [3.8, 4) is 6.07 Å². The molecular formula is C22H12Cl3F3N4O2. The Balaban J connectivity index is 1.98. The summed E-state index contributed by atoms with van der Waals surface area (Å²) in [7, 11) is 0. The van der Waals surface area contributed by atoms with Crippen molar-refractivity contribution in [2.24, 2.45) is 5.10 Å². The predicted octanol–water partition coefficient (Wildman–Crippen LogP) is 7.35. The van der Waals surface area contributed by atoms with E-state index in [0.717, 1.165) is 23.2 Å². The lowest BCUT2D eigenvalue weighted by Gasteiger charge is -2.18. The summed E-state index contributed by atoms with van der Waals surface area (Å²) in [5.74, 6) is -2.40. The molecule has 0 bridgehead atoms. The first-order valence-corrected chi connectivity index (χ1v) is 10.5. The number of halogens is 6. The molecule has 0 saturated carbocycles. The van der Waals surface area contributed by atoms with Crippen LogP contribution in [-0.2, 0) is 0 Å². The Kier molecular flexibility index (Phi) is 7.70. The number of nitriles is 1. The van der Waals surface area contributed by atoms with Gasteiger partial charge in [-0.1, -0.05) is 53.0 Å². The van der Waals surface area contributed by atoms with E-state index in [1.54, 1.807) is 0 Å². The summed E-state index contributed by atoms with van der Waals surface area (Å²) >= 11 is 17.6. The van der Waals surface area contributed by atoms with Crippen LogP contribution in [0.2, 0.25) is 15.1 Å². The van der Waals surface area contributed by atoms with Crippen LogP contribution in [0, 0.1) is 21.4 Å². The Morgan fingerprint density at radius 3 is 2.50 bits per heavy atom. The van der Waals surface area contributed by atoms with Crippen LogP contribution in [0.25, 0.3) is 6.08 Å². The zero-order chi connectivity index (χ0) is 25.0. The van der Waals surface area contributed by atoms with Gasteiger partial charge in [0.15, 0.2) is 0 Å². The van der Waals surface area contributed by atoms with E-state index >= 15 is 0 Å². The van der Waals surface area contributed by atoms with Gasteiger partial charge in [0.25, 0.3) is 0 Å². The first-order valence-electron chi connectivity index (χ1n) is 9.37. The molecule has 12 heteroatoms. The fourth-order valence-corrected chi connectivity index (χ4v) is 3.63. The number of rotatable bonds is 4. The molecule has 34 heavy (non-hydrogen) atoms. The monoisotopic (exact) mass is 526 g/mol. The SMILES string of the molecule is N#Cc1cc(/C=C/C(c2cc(Cl)c(Cl)c(Cl)c2)C(F)(F)F)ccc1N1C=C=CCC([N+](=O)[O-])=N1. The van der Waals surface area contributed by atoms with Crippen molar-refractivity contribution in [2.45, 2.75) is 18.5 Å². The smallest absolute Gasteiger partial charge is 0.358 e. The van der Waals surface area contributed by atoms with E-state index < -0.39 is 17.0 Å². The molecule has 174 valence electrons. The predicted molar refractivity (Wildman–Crippen MR) is 125 cm³/mol. The lowest BCUT2D eigenvalue weighted by molar-refractivity contribution is -0.352. The Labute approximate surface area is 206 Å². The van der Waals surface area contributed by atoms with Crippen LogP contribution >= 0.6 is 34.8 Å². The van der Waals surface area contributed by atoms with Gasteiger partial charge in [-0.05, 0) is 46.4 Å². The van der Waals surface area contributed by atoms with Gasteiger partial charge in [-0.2, -0.15) is 18.4 Å². The lowest BCUT2D eigenvalue weighted by Crippen LogP contribution is -2.19. The highest BCUT2D eigenvalue weighted by molar-refractivity contribution is 6.48. The van der Waals surface area contributed by atoms with Crippen molar-refractivity contribution in [1.29, 1.82) is 5.26 Å². The number of hydrogen-bond donors (Lipinski definition) is 0. The molecule has 1 atom stereocenters. The minimum Gasteiger partial charge on any atom is -0.358 e. The second kappa shape index (κ2) is 10.3. The van der Waals surface area contributed by atoms with Gasteiger partial charge in [0, 0.05) is 0 Å². The van der Waals surface area contributed by atoms with Gasteiger partial charge in [0.05, 0.1) is 44.3 Å². The molecule has 1 aliphatic heterocycles. The molecule has 0 aromatic heterocycles. The Bertz CT molecular complexity index is 1290. The zero-order valence-corrected chi connectivity index (χ0v) is 19.1. The summed E-state index contributed by atoms with van der Waals surface area (Å²) in [5.41, 5.74) is 3.03. The summed E-state index contributed by atoms with van der Waals surface area (Å²) in [6, 6.07) is 8.31. The molecule has 0 N–H and O–H groups in total. The summed E-state index contributed by atoms with van der Waals surface area (Å²) in [6.07, 6.45) is 0.117. The first-order chi connectivity index (χ1) is 16.0. The van der Waals surface area contributed by atoms with Crippen molar-refractivity contribution >= 4 is 52.4 Å². The van der Waals surface area contributed by atoms with E-state index in [0.29, 0.717) is 0 Å². The van der Waals surface area contributed by atoms with Crippen LogP contribution in [0.1, 0.15) is 29.0 Å². The molecule has 1 unspecified atom stereocenters. The van der Waals surface area contributed by atoms with Crippen LogP contribution in [0.4, 0.5) is 18.9 Å². The minimum atomic E-state index is -4.66. The largest absolute Gasteiger partial charge is 0.399 e. The normalized spacial score (nSPS) is 14.6. The maximum absolute atomic E-state index is 13.8. The summed E-state index contributed by atoms with van der Waals surface area (Å²) in [5, 5.41) is 25.4. The van der Waals surface area contributed by atoms with E-state index in [1.165, 1.54) is 36.6 Å². The van der Waals surface area contributed by atoms with Gasteiger partial charge in [-0.15, -0.1) is 10.7 Å². The molecule has 0 amide bonds. The Morgan fingerprint density at radius 2 is 1.91 bits per heavy atom. The van der Waals surface area contributed by atoms with E-state index in [4.69, 9.17) is 34.8 Å². The highest BCUT2D eigenvalue weighted by Crippen LogP contribution is 2.41. The number of nitro groups is 1. The van der Waals surface area contributed by atoms with Crippen LogP contribution in [0.5, 0.6) is 0 Å². The van der Waals surface area contributed by atoms with Crippen LogP contribution in [0.15, 0.2) is 59.5 Å². The molecule has 3 rings (SSSR count). The molecule has 0 aliphatic carbocycles. The van der Waals surface area contributed by atoms with Gasteiger partial charge in [0.1, 0.15) is 11.8 Å². The van der Waals surface area contributed by atoms with Gasteiger partial charge >= 0.3 is 12.0 Å². The first kappa shape index (κ1) is 25.3. The number of hydrazone groups is 1. The van der Waals surface area contributed by atoms with E-state index in [-0.39, 0.29) is 49.7 Å². The number of alkyl halides is 3. The molecule has 6 nitrogen and oxygen atoms in total. The lowest BCUT2D eigenvalue weighted by atomic mass is 9.96. The third-order valence-corrected chi connectivity index (χ3v) is 5.82. The van der Waals surface area contributed by atoms with E-state index in [2.05, 4.69) is 10.8 Å². The third kappa shape index (κ3) is 5.79. The van der Waals surface area contributed by atoms with Crippen LogP contribution < -0.4 is 5.01 Å². The standard InChI is InChI=1S/C22H12Cl3F3N4O2/c23-17-10-14(11-18(24)21(17)25)16(22(26,27)28)6-4-13-5-7-19(15(9-13)12-29)31-8-2-1-3-20(30-31)32(33)34/h1,4-11,16H,3H2/b6-4+. The second-order valence-electron chi connectivity index (χ2n) is 6.89. The molecule has 2 aromatic carbocycles. The van der Waals surface area contributed by atoms with Gasteiger partial charge in [-0.3, -0.25) is 0 Å². The fraction of sp³-hybridized carbons (Fsp3) is 0.136. The van der Waals surface area contributed by atoms with Crippen molar-refractivity contribution in [1.82, 2.24) is 0 Å². The Hall–Kier alpha value is -3.28. The van der Waals surface area contributed by atoms with Crippen molar-refractivity contribution in [3.05, 3.63) is 96.3 Å². The number of allylic oxidation sites excluding steroid dienone is 1. The Morgan fingerprint density at radius 1 is 1.24 bits per heavy atom. The third-order valence-electron chi connectivity index (χ3n) is 4.62. The average Bonchev–Trinajstić information content (AvgIpc) is 3.03. The van der Waals surface area contributed by atoms with Crippen molar-refractivity contribution < 1.29 is 18.1 Å². The van der Waals surface area contributed by atoms with Crippen molar-refractivity contribution in [2.75, 3.05) is 5.01 Å². The molecule has 0 radical (unpaired) electrons. The number of amidine groups is 1. The van der Waals surface area contributed by atoms with Gasteiger partial charge in [-0.25, -0.2) is 0 Å². The summed E-state index contributed by atoms with van der Waals surface area (Å²) < 4.78 is 41.3. The van der Waals surface area contributed by atoms with Gasteiger partial charge in [0.2, 0.25) is 0 Å². The number of hydrogen-bond acceptors (Lipinski definition) is 5. The molecule has 2 aromatic rings. The molecule has 0 fully saturated rings. The zero-order valence-electron chi connectivity index (χ0n) is 16.9. The topological polar surface area (TPSA) is 82.5 Å². The number of nitrogens with zero attached hydrogens (tertiary/aromatic N) is 4. The minimum absolute atomic E-state index is 0.0367. The number of benzene rings is 2. The molecular weight excluding hydrogens is 516 g/mol. The maximum atomic E-state index is 13.8. The average molecular weight is 528 g/mol. The highest BCUT2D eigenvalue weighted by Gasteiger charge is 2.39. The highest BCUT2D eigenvalue weighted by atomic mass is 35.5. The number of anilines is 1. The molecule has 1 heterocycles. The summed E-state index contributed by atoms with van der Waals surface area (Å²) in [4.78, 5) is 10.4. The quantitative estimate of drug-likeness (QED) is 0.180. The van der Waals surface area contributed by atoms with E-state index in [1.807, 2.05) is 6.07 Å². The van der Waals surface area contributed by atoms with E-state index in [9.17, 15) is 28.5 Å². The molecule has 1 aliphatic rings. The second-order valence-corrected chi connectivity index (χ2v) is 8.08. The van der Waals surface area contributed by atoms with Crippen LogP contribution in [-0.4, -0.2) is 16.9 Å². The molecule has 0 spiro atoms. The fourth-order valence-electron chi connectivity index (χ4n) is 3.02.